The molecule has 0 atom stereocenters. The maximum Gasteiger partial charge on any atom is 0.335 e. The van der Waals surface area contributed by atoms with Gasteiger partial charge in [-0.05, 0) is 42.5 Å². The molecule has 0 aromatic heterocycles. The van der Waals surface area contributed by atoms with Crippen LogP contribution in [0.25, 0.3) is 0 Å². The summed E-state index contributed by atoms with van der Waals surface area (Å²) in [6, 6.07) is 22.6. The molecule has 0 saturated heterocycles. The van der Waals surface area contributed by atoms with Gasteiger partial charge in [0.15, 0.2) is 0 Å². The fraction of sp³-hybridized carbons (Fsp3) is 0.0476. The second-order valence-corrected chi connectivity index (χ2v) is 5.60. The fourth-order valence-electron chi connectivity index (χ4n) is 2.40. The number of carboxylic acid groups (broad SMARTS) is 1. The highest BCUT2D eigenvalue weighted by Crippen LogP contribution is 2.19. The van der Waals surface area contributed by atoms with E-state index >= 15 is 0 Å². The van der Waals surface area contributed by atoms with Crippen LogP contribution in [-0.2, 0) is 6.61 Å². The summed E-state index contributed by atoms with van der Waals surface area (Å²) in [6.45, 7) is 0.318. The lowest BCUT2D eigenvalue weighted by Crippen LogP contribution is -2.14. The molecular formula is C21H17NO4. The zero-order valence-electron chi connectivity index (χ0n) is 13.9. The number of carbonyl (C=O) groups is 2. The number of rotatable bonds is 6. The highest BCUT2D eigenvalue weighted by Gasteiger charge is 2.10. The van der Waals surface area contributed by atoms with E-state index in [2.05, 4.69) is 5.32 Å². The van der Waals surface area contributed by atoms with Gasteiger partial charge >= 0.3 is 5.97 Å². The van der Waals surface area contributed by atoms with Crippen molar-refractivity contribution >= 4 is 17.6 Å². The van der Waals surface area contributed by atoms with Gasteiger partial charge in [0.2, 0.25) is 0 Å². The minimum absolute atomic E-state index is 0.137. The molecule has 0 radical (unpaired) electrons. The Morgan fingerprint density at radius 1 is 0.808 bits per heavy atom. The Bertz CT molecular complexity index is 905. The van der Waals surface area contributed by atoms with Crippen molar-refractivity contribution in [1.29, 1.82) is 0 Å². The number of carboxylic acids is 1. The quantitative estimate of drug-likeness (QED) is 0.700. The van der Waals surface area contributed by atoms with Crippen LogP contribution in [0.4, 0.5) is 5.69 Å². The molecule has 3 aromatic rings. The SMILES string of the molecule is O=C(O)c1ccc(C(=O)Nc2ccccc2COc2ccccc2)cc1. The molecule has 0 spiro atoms. The van der Waals surface area contributed by atoms with Gasteiger partial charge in [0.25, 0.3) is 5.91 Å². The Morgan fingerprint density at radius 2 is 1.42 bits per heavy atom. The summed E-state index contributed by atoms with van der Waals surface area (Å²) < 4.78 is 5.75. The molecular weight excluding hydrogens is 330 g/mol. The zero-order chi connectivity index (χ0) is 18.4. The van der Waals surface area contributed by atoms with Crippen LogP contribution in [0.3, 0.4) is 0 Å². The minimum Gasteiger partial charge on any atom is -0.489 e. The average molecular weight is 347 g/mol. The number of carbonyl (C=O) groups excluding carboxylic acids is 1. The van der Waals surface area contributed by atoms with Crippen molar-refractivity contribution in [1.82, 2.24) is 0 Å². The summed E-state index contributed by atoms with van der Waals surface area (Å²) in [5.74, 6) is -0.590. The standard InChI is InChI=1S/C21H17NO4/c23-20(15-10-12-16(13-11-15)21(24)25)22-19-9-5-4-6-17(19)14-26-18-7-2-1-3-8-18/h1-13H,14H2,(H,22,23)(H,24,25). The Kier molecular flexibility index (Phi) is 5.29. The van der Waals surface area contributed by atoms with Crippen molar-refractivity contribution in [3.63, 3.8) is 0 Å². The molecule has 130 valence electrons. The number of para-hydroxylation sites is 2. The summed E-state index contributed by atoms with van der Waals surface area (Å²) in [5.41, 5.74) is 2.01. The molecule has 5 heteroatoms. The number of aromatic carboxylic acids is 1. The van der Waals surface area contributed by atoms with Gasteiger partial charge < -0.3 is 15.2 Å². The molecule has 3 aromatic carbocycles. The minimum atomic E-state index is -1.03. The van der Waals surface area contributed by atoms with Crippen LogP contribution in [0.1, 0.15) is 26.3 Å². The van der Waals surface area contributed by atoms with Crippen molar-refractivity contribution in [2.45, 2.75) is 6.61 Å². The number of anilines is 1. The third-order valence-electron chi connectivity index (χ3n) is 3.80. The van der Waals surface area contributed by atoms with Crippen LogP contribution < -0.4 is 10.1 Å². The van der Waals surface area contributed by atoms with Crippen LogP contribution in [0.2, 0.25) is 0 Å². The molecule has 0 aliphatic carbocycles. The Labute approximate surface area is 150 Å². The lowest BCUT2D eigenvalue weighted by atomic mass is 10.1. The van der Waals surface area contributed by atoms with Crippen molar-refractivity contribution < 1.29 is 19.4 Å². The number of hydrogen-bond donors (Lipinski definition) is 2. The normalized spacial score (nSPS) is 10.2. The molecule has 3 rings (SSSR count). The molecule has 0 aliphatic heterocycles. The molecule has 26 heavy (non-hydrogen) atoms. The first kappa shape index (κ1) is 17.2. The number of hydrogen-bond acceptors (Lipinski definition) is 3. The largest absolute Gasteiger partial charge is 0.489 e. The summed E-state index contributed by atoms with van der Waals surface area (Å²) in [6.07, 6.45) is 0. The predicted octanol–water partition coefficient (Wildman–Crippen LogP) is 4.22. The van der Waals surface area contributed by atoms with Gasteiger partial charge in [0.1, 0.15) is 12.4 Å². The topological polar surface area (TPSA) is 75.6 Å². The Balaban J connectivity index is 1.71. The second-order valence-electron chi connectivity index (χ2n) is 5.60. The van der Waals surface area contributed by atoms with Crippen molar-refractivity contribution in [2.24, 2.45) is 0 Å². The first-order chi connectivity index (χ1) is 12.6. The van der Waals surface area contributed by atoms with Crippen molar-refractivity contribution in [2.75, 3.05) is 5.32 Å². The van der Waals surface area contributed by atoms with E-state index in [1.165, 1.54) is 24.3 Å². The van der Waals surface area contributed by atoms with E-state index in [-0.39, 0.29) is 11.5 Å². The van der Waals surface area contributed by atoms with Gasteiger partial charge in [-0.2, -0.15) is 0 Å². The Hall–Kier alpha value is -3.60. The van der Waals surface area contributed by atoms with Crippen LogP contribution in [-0.4, -0.2) is 17.0 Å². The fourth-order valence-corrected chi connectivity index (χ4v) is 2.40. The van der Waals surface area contributed by atoms with Gasteiger partial charge in [-0.1, -0.05) is 36.4 Å². The molecule has 2 N–H and O–H groups in total. The highest BCUT2D eigenvalue weighted by molar-refractivity contribution is 6.05. The number of benzene rings is 3. The molecule has 0 saturated carbocycles. The van der Waals surface area contributed by atoms with E-state index in [1.54, 1.807) is 6.07 Å². The summed E-state index contributed by atoms with van der Waals surface area (Å²) in [7, 11) is 0. The lowest BCUT2D eigenvalue weighted by Gasteiger charge is -2.12. The van der Waals surface area contributed by atoms with Crippen molar-refractivity contribution in [3.8, 4) is 5.75 Å². The van der Waals surface area contributed by atoms with Crippen LogP contribution in [0.5, 0.6) is 5.75 Å². The molecule has 1 amide bonds. The lowest BCUT2D eigenvalue weighted by molar-refractivity contribution is 0.0696. The number of ether oxygens (including phenoxy) is 1. The third kappa shape index (κ3) is 4.27. The number of amides is 1. The van der Waals surface area contributed by atoms with E-state index in [1.807, 2.05) is 48.5 Å². The maximum atomic E-state index is 12.4. The van der Waals surface area contributed by atoms with E-state index in [0.29, 0.717) is 17.9 Å². The summed E-state index contributed by atoms with van der Waals surface area (Å²) in [5, 5.41) is 11.8. The van der Waals surface area contributed by atoms with Gasteiger partial charge in [-0.25, -0.2) is 4.79 Å². The van der Waals surface area contributed by atoms with E-state index in [9.17, 15) is 9.59 Å². The van der Waals surface area contributed by atoms with Crippen LogP contribution in [0, 0.1) is 0 Å². The number of nitrogens with one attached hydrogen (secondary N) is 1. The van der Waals surface area contributed by atoms with Gasteiger partial charge in [-0.15, -0.1) is 0 Å². The van der Waals surface area contributed by atoms with Crippen LogP contribution >= 0.6 is 0 Å². The molecule has 0 aliphatic rings. The highest BCUT2D eigenvalue weighted by atomic mass is 16.5. The first-order valence-electron chi connectivity index (χ1n) is 8.04. The maximum absolute atomic E-state index is 12.4. The molecule has 0 heterocycles. The van der Waals surface area contributed by atoms with E-state index in [4.69, 9.17) is 9.84 Å². The van der Waals surface area contributed by atoms with E-state index in [0.717, 1.165) is 11.3 Å². The molecule has 5 nitrogen and oxygen atoms in total. The predicted molar refractivity (Wildman–Crippen MR) is 98.6 cm³/mol. The Morgan fingerprint density at radius 3 is 2.12 bits per heavy atom. The van der Waals surface area contributed by atoms with E-state index < -0.39 is 5.97 Å². The zero-order valence-corrected chi connectivity index (χ0v) is 13.9. The smallest absolute Gasteiger partial charge is 0.335 e. The molecule has 0 fully saturated rings. The molecule has 0 unspecified atom stereocenters. The average Bonchev–Trinajstić information content (AvgIpc) is 2.68. The molecule has 0 bridgehead atoms. The van der Waals surface area contributed by atoms with Gasteiger partial charge in [0, 0.05) is 16.8 Å². The second kappa shape index (κ2) is 7.98. The van der Waals surface area contributed by atoms with Gasteiger partial charge in [0.05, 0.1) is 5.56 Å². The van der Waals surface area contributed by atoms with Crippen molar-refractivity contribution in [3.05, 3.63) is 95.6 Å². The van der Waals surface area contributed by atoms with Crippen LogP contribution in [0.15, 0.2) is 78.9 Å². The first-order valence-corrected chi connectivity index (χ1v) is 8.04. The monoisotopic (exact) mass is 347 g/mol. The summed E-state index contributed by atoms with van der Waals surface area (Å²) in [4.78, 5) is 23.3. The van der Waals surface area contributed by atoms with Gasteiger partial charge in [-0.3, -0.25) is 4.79 Å². The summed E-state index contributed by atoms with van der Waals surface area (Å²) >= 11 is 0. The third-order valence-corrected chi connectivity index (χ3v) is 3.80.